The van der Waals surface area contributed by atoms with Gasteiger partial charge in [0.25, 0.3) is 0 Å². The molecule has 2 rings (SSSR count). The van der Waals surface area contributed by atoms with Crippen LogP contribution in [0.25, 0.3) is 0 Å². The molecular weight excluding hydrogens is 600 g/mol. The molecule has 2 fully saturated rings. The Bertz CT molecular complexity index is 1090. The zero-order valence-electron chi connectivity index (χ0n) is 25.1. The van der Waals surface area contributed by atoms with E-state index in [4.69, 9.17) is 47.4 Å². The maximum absolute atomic E-state index is 12.2. The van der Waals surface area contributed by atoms with Gasteiger partial charge < -0.3 is 52.5 Å². The summed E-state index contributed by atoms with van der Waals surface area (Å²) in [5, 5.41) is 10.6. The maximum Gasteiger partial charge on any atom is 0.303 e. The fourth-order valence-corrected chi connectivity index (χ4v) is 4.49. The number of aliphatic hydroxyl groups excluding tert-OH is 1. The minimum absolute atomic E-state index is 0.572. The Morgan fingerprint density at radius 3 is 1.27 bits per heavy atom. The van der Waals surface area contributed by atoms with Gasteiger partial charge in [-0.2, -0.15) is 0 Å². The van der Waals surface area contributed by atoms with Crippen LogP contribution in [0.5, 0.6) is 0 Å². The Morgan fingerprint density at radius 1 is 0.477 bits per heavy atom. The predicted molar refractivity (Wildman–Crippen MR) is 135 cm³/mol. The molecule has 248 valence electrons. The summed E-state index contributed by atoms with van der Waals surface area (Å²) >= 11 is 0. The number of hydrogen-bond donors (Lipinski definition) is 1. The van der Waals surface area contributed by atoms with Crippen molar-refractivity contribution in [3.63, 3.8) is 0 Å². The van der Waals surface area contributed by atoms with Gasteiger partial charge in [0.2, 0.25) is 0 Å². The van der Waals surface area contributed by atoms with Crippen molar-refractivity contribution < 1.29 is 86.0 Å². The molecule has 0 aromatic carbocycles. The summed E-state index contributed by atoms with van der Waals surface area (Å²) in [6, 6.07) is 0. The molecule has 0 aliphatic carbocycles. The third kappa shape index (κ3) is 10.7. The average Bonchev–Trinajstić information content (AvgIpc) is 2.87. The maximum atomic E-state index is 12.2. The molecule has 0 radical (unpaired) electrons. The van der Waals surface area contributed by atoms with Crippen LogP contribution in [0.4, 0.5) is 0 Å². The molecule has 0 unspecified atom stereocenters. The summed E-state index contributed by atoms with van der Waals surface area (Å²) in [5.74, 6) is -6.03. The first-order valence-electron chi connectivity index (χ1n) is 13.3. The van der Waals surface area contributed by atoms with Crippen LogP contribution in [0.3, 0.4) is 0 Å². The first-order valence-corrected chi connectivity index (χ1v) is 13.3. The van der Waals surface area contributed by atoms with E-state index in [2.05, 4.69) is 0 Å². The highest BCUT2D eigenvalue weighted by atomic mass is 16.8. The molecule has 0 saturated carbocycles. The minimum Gasteiger partial charge on any atom is -0.463 e. The molecule has 44 heavy (non-hydrogen) atoms. The molecular formula is C26H36O18. The number of carbonyl (C=O) groups is 7. The van der Waals surface area contributed by atoms with E-state index in [9.17, 15) is 38.7 Å². The topological polar surface area (TPSA) is 232 Å². The van der Waals surface area contributed by atoms with E-state index >= 15 is 0 Å². The second-order valence-corrected chi connectivity index (χ2v) is 9.68. The summed E-state index contributed by atoms with van der Waals surface area (Å²) in [6.07, 6.45) is -16.3. The van der Waals surface area contributed by atoms with Crippen molar-refractivity contribution in [1.82, 2.24) is 0 Å². The van der Waals surface area contributed by atoms with Crippen molar-refractivity contribution in [2.45, 2.75) is 110 Å². The molecule has 2 heterocycles. The van der Waals surface area contributed by atoms with Crippen molar-refractivity contribution in [2.75, 3.05) is 13.2 Å². The lowest BCUT2D eigenvalue weighted by Gasteiger charge is -2.48. The van der Waals surface area contributed by atoms with E-state index < -0.39 is 116 Å². The van der Waals surface area contributed by atoms with Crippen LogP contribution >= 0.6 is 0 Å². The first-order chi connectivity index (χ1) is 20.5. The predicted octanol–water partition coefficient (Wildman–Crippen LogP) is -1.40. The summed E-state index contributed by atoms with van der Waals surface area (Å²) < 4.78 is 54.1. The van der Waals surface area contributed by atoms with Crippen LogP contribution in [0.1, 0.15) is 48.5 Å². The van der Waals surface area contributed by atoms with Gasteiger partial charge in [0.05, 0.1) is 0 Å². The van der Waals surface area contributed by atoms with Gasteiger partial charge in [-0.1, -0.05) is 0 Å². The van der Waals surface area contributed by atoms with Crippen LogP contribution in [-0.2, 0) is 80.9 Å². The average molecular weight is 637 g/mol. The van der Waals surface area contributed by atoms with Crippen molar-refractivity contribution >= 4 is 41.8 Å². The van der Waals surface area contributed by atoms with Crippen LogP contribution in [0.2, 0.25) is 0 Å². The van der Waals surface area contributed by atoms with Gasteiger partial charge in [-0.15, -0.1) is 0 Å². The fraction of sp³-hybridized carbons (Fsp3) is 0.731. The molecule has 2 aliphatic rings. The normalized spacial score (nSPS) is 31.5. The molecule has 18 nitrogen and oxygen atoms in total. The minimum atomic E-state index is -1.90. The molecule has 0 aromatic heterocycles. The van der Waals surface area contributed by atoms with E-state index in [1.807, 2.05) is 0 Å². The molecule has 0 amide bonds. The summed E-state index contributed by atoms with van der Waals surface area (Å²) in [6.45, 7) is 6.11. The molecule has 0 spiro atoms. The highest BCUT2D eigenvalue weighted by Crippen LogP contribution is 2.34. The Kier molecular flexibility index (Phi) is 13.4. The van der Waals surface area contributed by atoms with Crippen LogP contribution in [0, 0.1) is 0 Å². The Morgan fingerprint density at radius 2 is 0.841 bits per heavy atom. The summed E-state index contributed by atoms with van der Waals surface area (Å²) in [5.41, 5.74) is 0. The van der Waals surface area contributed by atoms with E-state index in [1.165, 1.54) is 0 Å². The molecule has 18 heteroatoms. The van der Waals surface area contributed by atoms with Gasteiger partial charge in [-0.25, -0.2) is 0 Å². The van der Waals surface area contributed by atoms with Gasteiger partial charge in [-0.05, 0) is 0 Å². The highest BCUT2D eigenvalue weighted by molar-refractivity contribution is 5.69. The van der Waals surface area contributed by atoms with Crippen molar-refractivity contribution in [3.8, 4) is 0 Å². The second kappa shape index (κ2) is 16.3. The smallest absolute Gasteiger partial charge is 0.303 e. The molecule has 0 bridgehead atoms. The number of hydrogen-bond acceptors (Lipinski definition) is 18. The molecule has 10 atom stereocenters. The largest absolute Gasteiger partial charge is 0.463 e. The van der Waals surface area contributed by atoms with Gasteiger partial charge >= 0.3 is 41.8 Å². The van der Waals surface area contributed by atoms with Crippen molar-refractivity contribution in [2.24, 2.45) is 0 Å². The zero-order valence-corrected chi connectivity index (χ0v) is 25.1. The summed E-state index contributed by atoms with van der Waals surface area (Å²) in [4.78, 5) is 83.5. The quantitative estimate of drug-likeness (QED) is 0.203. The van der Waals surface area contributed by atoms with Crippen molar-refractivity contribution in [3.05, 3.63) is 0 Å². The van der Waals surface area contributed by atoms with Gasteiger partial charge in [-0.3, -0.25) is 33.6 Å². The Hall–Kier alpha value is -3.87. The number of aliphatic hydroxyl groups is 1. The van der Waals surface area contributed by atoms with Crippen molar-refractivity contribution in [1.29, 1.82) is 0 Å². The lowest BCUT2D eigenvalue weighted by Crippen LogP contribution is -2.67. The van der Waals surface area contributed by atoms with Gasteiger partial charge in [0, 0.05) is 48.5 Å². The molecule has 2 aliphatic heterocycles. The van der Waals surface area contributed by atoms with Crippen LogP contribution in [-0.4, -0.2) is 122 Å². The van der Waals surface area contributed by atoms with E-state index in [-0.39, 0.29) is 0 Å². The molecule has 1 N–H and O–H groups in total. The van der Waals surface area contributed by atoms with E-state index in [1.54, 1.807) is 0 Å². The third-order valence-electron chi connectivity index (χ3n) is 5.90. The number of rotatable bonds is 11. The first kappa shape index (κ1) is 36.3. The standard InChI is InChI=1S/C26H36O18/c1-10(27)35-8-17-20(21(38-13(4)30)23(25(34)42-17)40-15(6)32)44-26-24(41-16(7)33)22(39-14(5)31)19(37-12(3)29)18(43-26)9-36-11(2)28/h17-26,34H,8-9H2,1-7H3/t17-,18+,19-,20-,21+,22-,23+,24-,25-,26-/m1/s1. The van der Waals surface area contributed by atoms with E-state index in [0.717, 1.165) is 48.5 Å². The van der Waals surface area contributed by atoms with Crippen LogP contribution in [0.15, 0.2) is 0 Å². The zero-order chi connectivity index (χ0) is 33.3. The summed E-state index contributed by atoms with van der Waals surface area (Å²) in [7, 11) is 0. The number of ether oxygens (including phenoxy) is 10. The monoisotopic (exact) mass is 636 g/mol. The third-order valence-corrected chi connectivity index (χ3v) is 5.90. The molecule has 0 aromatic rings. The number of esters is 7. The van der Waals surface area contributed by atoms with E-state index in [0.29, 0.717) is 0 Å². The Labute approximate surface area is 251 Å². The lowest BCUT2D eigenvalue weighted by atomic mass is 9.96. The SMILES string of the molecule is CC(=O)OC[C@@H]1O[C@H](O[C@H]2[C@H](OC(C)=O)[C@H](OC(C)=O)[C@H](O)O[C@@H]2COC(C)=O)[C@H](OC(C)=O)[C@H](OC(C)=O)[C@@H]1OC(C)=O. The van der Waals surface area contributed by atoms with Gasteiger partial charge in [0.15, 0.2) is 43.1 Å². The number of carbonyl (C=O) groups excluding carboxylic acids is 7. The van der Waals surface area contributed by atoms with Crippen LogP contribution < -0.4 is 0 Å². The second-order valence-electron chi connectivity index (χ2n) is 9.68. The fourth-order valence-electron chi connectivity index (χ4n) is 4.49. The highest BCUT2D eigenvalue weighted by Gasteiger charge is 2.57. The molecule has 2 saturated heterocycles. The lowest BCUT2D eigenvalue weighted by molar-refractivity contribution is -0.357. The Balaban J connectivity index is 2.66. The van der Waals surface area contributed by atoms with Gasteiger partial charge in [0.1, 0.15) is 31.5 Å².